The van der Waals surface area contributed by atoms with Crippen LogP contribution in [0.3, 0.4) is 0 Å². The van der Waals surface area contributed by atoms with Crippen molar-refractivity contribution in [3.63, 3.8) is 0 Å². The Hall–Kier alpha value is -0.410. The van der Waals surface area contributed by atoms with Crippen molar-refractivity contribution < 1.29 is 22.7 Å². The monoisotopic (exact) mass is 224 g/mol. The predicted molar refractivity (Wildman–Crippen MR) is 45.5 cm³/mol. The first-order chi connectivity index (χ1) is 6.55. The summed E-state index contributed by atoms with van der Waals surface area (Å²) in [4.78, 5) is 11.3. The van der Waals surface area contributed by atoms with Crippen LogP contribution in [0.2, 0.25) is 0 Å². The number of carbonyl (C=O) groups excluding carboxylic acids is 1. The van der Waals surface area contributed by atoms with Crippen molar-refractivity contribution in [1.29, 1.82) is 0 Å². The summed E-state index contributed by atoms with van der Waals surface area (Å²) in [6.45, 7) is -0.249. The first-order valence-corrected chi connectivity index (χ1v) is 5.13. The highest BCUT2D eigenvalue weighted by Crippen LogP contribution is 2.36. The van der Waals surface area contributed by atoms with Crippen LogP contribution in [-0.2, 0) is 13.9 Å². The van der Waals surface area contributed by atoms with Crippen LogP contribution < -0.4 is 0 Å². The molecule has 0 spiro atoms. The minimum atomic E-state index is -2.62. The maximum atomic E-state index is 12.7. The molecule has 3 nitrogen and oxygen atoms in total. The van der Waals surface area contributed by atoms with Gasteiger partial charge in [-0.1, -0.05) is 0 Å². The second kappa shape index (κ2) is 4.89. The molecule has 14 heavy (non-hydrogen) atoms. The molecule has 1 aliphatic rings. The fourth-order valence-electron chi connectivity index (χ4n) is 1.57. The normalized spacial score (nSPS) is 22.4. The Bertz CT molecular complexity index is 223. The van der Waals surface area contributed by atoms with Gasteiger partial charge in [-0.25, -0.2) is 13.3 Å². The minimum absolute atomic E-state index is 0.199. The van der Waals surface area contributed by atoms with Gasteiger partial charge in [0.05, 0.1) is 0 Å². The summed E-state index contributed by atoms with van der Waals surface area (Å²) in [6, 6.07) is 0. The van der Waals surface area contributed by atoms with Gasteiger partial charge in [0.25, 0.3) is 0 Å². The molecular weight excluding hydrogens is 213 g/mol. The molecule has 0 unspecified atom stereocenters. The van der Waals surface area contributed by atoms with Crippen LogP contribution in [0.1, 0.15) is 25.7 Å². The summed E-state index contributed by atoms with van der Waals surface area (Å²) < 4.78 is 39.7. The van der Waals surface area contributed by atoms with E-state index in [1.54, 1.807) is 0 Å². The molecule has 1 saturated carbocycles. The average molecular weight is 224 g/mol. The third kappa shape index (κ3) is 3.39. The molecule has 1 fully saturated rings. The second-order valence-electron chi connectivity index (χ2n) is 3.44. The van der Waals surface area contributed by atoms with E-state index in [2.05, 4.69) is 4.52 Å². The van der Waals surface area contributed by atoms with Crippen molar-refractivity contribution in [2.45, 2.75) is 31.6 Å². The lowest BCUT2D eigenvalue weighted by molar-refractivity contribution is -0.128. The van der Waals surface area contributed by atoms with E-state index < -0.39 is 14.6 Å². The van der Waals surface area contributed by atoms with E-state index in [1.165, 1.54) is 0 Å². The Kier molecular flexibility index (Phi) is 4.08. The highest BCUT2D eigenvalue weighted by atomic mass is 31.1. The number of halogens is 2. The van der Waals surface area contributed by atoms with Gasteiger partial charge in [-0.05, 0) is 12.8 Å². The van der Waals surface area contributed by atoms with Crippen LogP contribution >= 0.6 is 8.69 Å². The van der Waals surface area contributed by atoms with E-state index in [0.717, 1.165) is 0 Å². The third-order valence-corrected chi connectivity index (χ3v) is 2.67. The predicted octanol–water partition coefficient (Wildman–Crippen LogP) is 2.60. The van der Waals surface area contributed by atoms with Crippen molar-refractivity contribution in [3.05, 3.63) is 0 Å². The Morgan fingerprint density at radius 2 is 2.00 bits per heavy atom. The lowest BCUT2D eigenvalue weighted by Crippen LogP contribution is -2.30. The van der Waals surface area contributed by atoms with Crippen molar-refractivity contribution in [2.24, 2.45) is 5.92 Å². The number of carbonyl (C=O) groups is 1. The van der Waals surface area contributed by atoms with Gasteiger partial charge >= 0.3 is 8.69 Å². The zero-order valence-electron chi connectivity index (χ0n) is 7.54. The Balaban J connectivity index is 2.34. The van der Waals surface area contributed by atoms with Gasteiger partial charge in [-0.2, -0.15) is 0 Å². The molecule has 0 aliphatic heterocycles. The molecule has 0 heterocycles. The summed E-state index contributed by atoms with van der Waals surface area (Å²) in [7, 11) is -0.545. The lowest BCUT2D eigenvalue weighted by atomic mass is 9.84. The molecule has 1 aliphatic carbocycles. The molecule has 6 heteroatoms. The maximum Gasteiger partial charge on any atom is 0.327 e. The molecule has 80 valence electrons. The van der Waals surface area contributed by atoms with E-state index in [-0.39, 0.29) is 44.0 Å². The van der Waals surface area contributed by atoms with Crippen LogP contribution in [0.15, 0.2) is 0 Å². The molecule has 0 aromatic heterocycles. The van der Waals surface area contributed by atoms with E-state index >= 15 is 0 Å². The Morgan fingerprint density at radius 3 is 2.50 bits per heavy atom. The smallest absolute Gasteiger partial charge is 0.297 e. The lowest BCUT2D eigenvalue weighted by Gasteiger charge is -2.26. The Morgan fingerprint density at radius 1 is 1.43 bits per heavy atom. The summed E-state index contributed by atoms with van der Waals surface area (Å²) in [5.74, 6) is -3.20. The molecule has 0 aromatic carbocycles. The van der Waals surface area contributed by atoms with Gasteiger partial charge in [0.2, 0.25) is 5.92 Å². The van der Waals surface area contributed by atoms with Gasteiger partial charge in [0.1, 0.15) is 6.61 Å². The van der Waals surface area contributed by atoms with E-state index in [0.29, 0.717) is 0 Å². The number of hydrogen-bond acceptors (Lipinski definition) is 3. The molecule has 0 aromatic rings. The zero-order valence-corrected chi connectivity index (χ0v) is 8.44. The quantitative estimate of drug-likeness (QED) is 0.689. The van der Waals surface area contributed by atoms with Gasteiger partial charge in [0.15, 0.2) is 5.78 Å². The molecule has 0 N–H and O–H groups in total. The van der Waals surface area contributed by atoms with Crippen molar-refractivity contribution in [1.82, 2.24) is 0 Å². The van der Waals surface area contributed by atoms with Crippen LogP contribution in [0.4, 0.5) is 8.78 Å². The van der Waals surface area contributed by atoms with Gasteiger partial charge in [-0.15, -0.1) is 0 Å². The number of ketones is 1. The molecule has 0 bridgehead atoms. The highest BCUT2D eigenvalue weighted by Gasteiger charge is 2.37. The second-order valence-corrected chi connectivity index (χ2v) is 3.85. The molecular formula is C8H11F2O3P. The third-order valence-electron chi connectivity index (χ3n) is 2.43. The summed E-state index contributed by atoms with van der Waals surface area (Å²) >= 11 is 0. The van der Waals surface area contributed by atoms with Crippen molar-refractivity contribution >= 4 is 14.5 Å². The van der Waals surface area contributed by atoms with Crippen LogP contribution in [0, 0.1) is 5.92 Å². The first kappa shape index (κ1) is 11.7. The van der Waals surface area contributed by atoms with Gasteiger partial charge in [-0.3, -0.25) is 9.32 Å². The Labute approximate surface area is 82.1 Å². The SMILES string of the molecule is O=POCC(=O)C1CCC(F)(F)CC1. The standard InChI is InChI=1S/C8H11F2O3P/c9-8(10)3-1-6(2-4-8)7(11)5-13-14-12/h6H,1-5H2. The van der Waals surface area contributed by atoms with Gasteiger partial charge < -0.3 is 0 Å². The summed E-state index contributed by atoms with van der Waals surface area (Å²) in [6.07, 6.45) is -0.0765. The first-order valence-electron chi connectivity index (χ1n) is 4.40. The fourth-order valence-corrected chi connectivity index (χ4v) is 1.75. The largest absolute Gasteiger partial charge is 0.327 e. The average Bonchev–Trinajstić information content (AvgIpc) is 2.14. The molecule has 0 saturated heterocycles. The number of rotatable bonds is 4. The molecule has 0 radical (unpaired) electrons. The number of Topliss-reactive ketones (excluding diaryl/α,β-unsaturated/α-hetero) is 1. The maximum absolute atomic E-state index is 12.7. The van der Waals surface area contributed by atoms with E-state index in [9.17, 15) is 18.1 Å². The topological polar surface area (TPSA) is 43.4 Å². The summed E-state index contributed by atoms with van der Waals surface area (Å²) in [5.41, 5.74) is 0. The van der Waals surface area contributed by atoms with Crippen LogP contribution in [-0.4, -0.2) is 18.3 Å². The van der Waals surface area contributed by atoms with Crippen LogP contribution in [0.25, 0.3) is 0 Å². The van der Waals surface area contributed by atoms with Crippen molar-refractivity contribution in [3.8, 4) is 0 Å². The van der Waals surface area contributed by atoms with Gasteiger partial charge in [0, 0.05) is 18.8 Å². The van der Waals surface area contributed by atoms with E-state index in [1.807, 2.05) is 0 Å². The highest BCUT2D eigenvalue weighted by molar-refractivity contribution is 7.17. The van der Waals surface area contributed by atoms with Crippen LogP contribution in [0.5, 0.6) is 0 Å². The number of alkyl halides is 2. The summed E-state index contributed by atoms with van der Waals surface area (Å²) in [5, 5.41) is 0. The molecule has 1 rings (SSSR count). The zero-order chi connectivity index (χ0) is 10.6. The fraction of sp³-hybridized carbons (Fsp3) is 0.875. The molecule has 0 atom stereocenters. The minimum Gasteiger partial charge on any atom is -0.297 e. The van der Waals surface area contributed by atoms with E-state index in [4.69, 9.17) is 0 Å². The molecule has 0 amide bonds. The van der Waals surface area contributed by atoms with Crippen molar-refractivity contribution in [2.75, 3.05) is 6.61 Å². The number of hydrogen-bond donors (Lipinski definition) is 0.